The molecule has 1 aliphatic heterocycles. The van der Waals surface area contributed by atoms with Gasteiger partial charge in [-0.15, -0.1) is 0 Å². The van der Waals surface area contributed by atoms with E-state index in [1.54, 1.807) is 4.90 Å². The first kappa shape index (κ1) is 17.0. The van der Waals surface area contributed by atoms with Crippen molar-refractivity contribution in [3.63, 3.8) is 0 Å². The molecule has 0 saturated heterocycles. The zero-order valence-corrected chi connectivity index (χ0v) is 14.6. The van der Waals surface area contributed by atoms with Gasteiger partial charge in [0.2, 0.25) is 5.91 Å². The van der Waals surface area contributed by atoms with Crippen LogP contribution in [0.4, 0.5) is 5.69 Å². The van der Waals surface area contributed by atoms with Crippen LogP contribution in [0.3, 0.4) is 0 Å². The van der Waals surface area contributed by atoms with Crippen LogP contribution in [-0.2, 0) is 16.1 Å². The number of nitrogens with zero attached hydrogens (tertiary/aromatic N) is 2. The lowest BCUT2D eigenvalue weighted by molar-refractivity contribution is -0.132. The molecule has 5 heteroatoms. The van der Waals surface area contributed by atoms with Gasteiger partial charge in [-0.1, -0.05) is 36.4 Å². The van der Waals surface area contributed by atoms with E-state index in [9.17, 15) is 9.59 Å². The van der Waals surface area contributed by atoms with E-state index in [1.807, 2.05) is 62.4 Å². The number of aryl methyl sites for hydroxylation is 1. The standard InChI is InChI=1S/C20H22N2O3/c1-3-21(12-16-7-5-4-6-8-16)19(23)13-22-17-10-9-15(2)11-18(17)25-14-20(22)24/h4-11H,3,12-14H2,1-2H3. The molecule has 0 saturated carbocycles. The van der Waals surface area contributed by atoms with E-state index in [0.29, 0.717) is 24.5 Å². The highest BCUT2D eigenvalue weighted by Gasteiger charge is 2.28. The Morgan fingerprint density at radius 2 is 1.96 bits per heavy atom. The lowest BCUT2D eigenvalue weighted by Gasteiger charge is -2.31. The molecule has 0 aromatic heterocycles. The Morgan fingerprint density at radius 1 is 1.20 bits per heavy atom. The van der Waals surface area contributed by atoms with Crippen molar-refractivity contribution < 1.29 is 14.3 Å². The number of hydrogen-bond donors (Lipinski definition) is 0. The molecule has 3 rings (SSSR count). The maximum atomic E-state index is 12.8. The second kappa shape index (κ2) is 7.38. The van der Waals surface area contributed by atoms with Crippen molar-refractivity contribution in [1.29, 1.82) is 0 Å². The fourth-order valence-corrected chi connectivity index (χ4v) is 2.90. The number of carbonyl (C=O) groups is 2. The van der Waals surface area contributed by atoms with Crippen LogP contribution in [0.25, 0.3) is 0 Å². The zero-order valence-electron chi connectivity index (χ0n) is 14.6. The Morgan fingerprint density at radius 3 is 2.68 bits per heavy atom. The molecule has 2 amide bonds. The Labute approximate surface area is 147 Å². The number of fused-ring (bicyclic) bond motifs is 1. The van der Waals surface area contributed by atoms with Gasteiger partial charge in [0.15, 0.2) is 6.61 Å². The second-order valence-corrected chi connectivity index (χ2v) is 6.13. The summed E-state index contributed by atoms with van der Waals surface area (Å²) in [6.45, 7) is 5.03. The predicted octanol–water partition coefficient (Wildman–Crippen LogP) is 2.77. The van der Waals surface area contributed by atoms with Crippen molar-refractivity contribution >= 4 is 17.5 Å². The molecular weight excluding hydrogens is 316 g/mol. The molecule has 0 N–H and O–H groups in total. The van der Waals surface area contributed by atoms with Crippen LogP contribution in [0.15, 0.2) is 48.5 Å². The molecule has 1 heterocycles. The first-order chi connectivity index (χ1) is 12.1. The molecule has 0 spiro atoms. The average Bonchev–Trinajstić information content (AvgIpc) is 2.62. The first-order valence-electron chi connectivity index (χ1n) is 8.44. The highest BCUT2D eigenvalue weighted by Crippen LogP contribution is 2.32. The van der Waals surface area contributed by atoms with Crippen molar-refractivity contribution in [1.82, 2.24) is 4.90 Å². The normalized spacial score (nSPS) is 13.2. The van der Waals surface area contributed by atoms with Gasteiger partial charge in [0.05, 0.1) is 5.69 Å². The van der Waals surface area contributed by atoms with Crippen LogP contribution in [0.2, 0.25) is 0 Å². The summed E-state index contributed by atoms with van der Waals surface area (Å²) in [5, 5.41) is 0. The second-order valence-electron chi connectivity index (χ2n) is 6.13. The van der Waals surface area contributed by atoms with Crippen LogP contribution in [0, 0.1) is 6.92 Å². The van der Waals surface area contributed by atoms with Gasteiger partial charge >= 0.3 is 0 Å². The van der Waals surface area contributed by atoms with E-state index in [-0.39, 0.29) is 25.0 Å². The first-order valence-corrected chi connectivity index (χ1v) is 8.44. The molecule has 130 valence electrons. The summed E-state index contributed by atoms with van der Waals surface area (Å²) < 4.78 is 5.49. The van der Waals surface area contributed by atoms with Gasteiger partial charge in [0.1, 0.15) is 12.3 Å². The summed E-state index contributed by atoms with van der Waals surface area (Å²) in [6.07, 6.45) is 0. The summed E-state index contributed by atoms with van der Waals surface area (Å²) in [5.74, 6) is 0.382. The van der Waals surface area contributed by atoms with E-state index in [1.165, 1.54) is 4.90 Å². The highest BCUT2D eigenvalue weighted by atomic mass is 16.5. The van der Waals surface area contributed by atoms with Crippen molar-refractivity contribution in [3.8, 4) is 5.75 Å². The van der Waals surface area contributed by atoms with Gasteiger partial charge < -0.3 is 9.64 Å². The largest absolute Gasteiger partial charge is 0.482 e. The molecule has 0 fully saturated rings. The molecule has 0 bridgehead atoms. The lowest BCUT2D eigenvalue weighted by atomic mass is 10.1. The fraction of sp³-hybridized carbons (Fsp3) is 0.300. The minimum absolute atomic E-state index is 0.0267. The van der Waals surface area contributed by atoms with Crippen molar-refractivity contribution in [2.45, 2.75) is 20.4 Å². The third kappa shape index (κ3) is 3.82. The highest BCUT2D eigenvalue weighted by molar-refractivity contribution is 6.02. The minimum atomic E-state index is -0.194. The smallest absolute Gasteiger partial charge is 0.265 e. The van der Waals surface area contributed by atoms with E-state index in [2.05, 4.69) is 0 Å². The molecule has 5 nitrogen and oxygen atoms in total. The number of carbonyl (C=O) groups excluding carboxylic acids is 2. The van der Waals surface area contributed by atoms with E-state index in [0.717, 1.165) is 11.1 Å². The van der Waals surface area contributed by atoms with Gasteiger partial charge in [-0.05, 0) is 37.1 Å². The molecule has 2 aromatic carbocycles. The van der Waals surface area contributed by atoms with E-state index < -0.39 is 0 Å². The molecule has 2 aromatic rings. The molecule has 25 heavy (non-hydrogen) atoms. The summed E-state index contributed by atoms with van der Waals surface area (Å²) in [4.78, 5) is 28.3. The third-order valence-corrected chi connectivity index (χ3v) is 4.30. The number of hydrogen-bond acceptors (Lipinski definition) is 3. The van der Waals surface area contributed by atoms with Crippen LogP contribution in [-0.4, -0.2) is 36.4 Å². The Hall–Kier alpha value is -2.82. The van der Waals surface area contributed by atoms with Gasteiger partial charge in [-0.2, -0.15) is 0 Å². The Kier molecular flexibility index (Phi) is 5.03. The summed E-state index contributed by atoms with van der Waals surface area (Å²) in [5.41, 5.74) is 2.78. The predicted molar refractivity (Wildman–Crippen MR) is 96.6 cm³/mol. The SMILES string of the molecule is CCN(Cc1ccccc1)C(=O)CN1C(=O)COc2cc(C)ccc21. The minimum Gasteiger partial charge on any atom is -0.482 e. The molecular formula is C20H22N2O3. The molecule has 0 atom stereocenters. The summed E-state index contributed by atoms with van der Waals surface area (Å²) in [7, 11) is 0. The van der Waals surface area contributed by atoms with Gasteiger partial charge in [-0.25, -0.2) is 0 Å². The van der Waals surface area contributed by atoms with Gasteiger partial charge in [0, 0.05) is 13.1 Å². The number of rotatable bonds is 5. The summed E-state index contributed by atoms with van der Waals surface area (Å²) in [6, 6.07) is 15.5. The van der Waals surface area contributed by atoms with Gasteiger partial charge in [0.25, 0.3) is 5.91 Å². The number of ether oxygens (including phenoxy) is 1. The maximum absolute atomic E-state index is 12.8. The average molecular weight is 338 g/mol. The molecule has 1 aliphatic rings. The number of amides is 2. The number of anilines is 1. The van der Waals surface area contributed by atoms with Crippen molar-refractivity contribution in [3.05, 3.63) is 59.7 Å². The van der Waals surface area contributed by atoms with Crippen molar-refractivity contribution in [2.75, 3.05) is 24.6 Å². The van der Waals surface area contributed by atoms with Crippen LogP contribution >= 0.6 is 0 Å². The van der Waals surface area contributed by atoms with E-state index >= 15 is 0 Å². The molecule has 0 aliphatic carbocycles. The number of benzene rings is 2. The Bertz CT molecular complexity index is 774. The monoisotopic (exact) mass is 338 g/mol. The van der Waals surface area contributed by atoms with Crippen molar-refractivity contribution in [2.24, 2.45) is 0 Å². The molecule has 0 unspecified atom stereocenters. The third-order valence-electron chi connectivity index (χ3n) is 4.30. The van der Waals surface area contributed by atoms with E-state index in [4.69, 9.17) is 4.74 Å². The van der Waals surface area contributed by atoms with Crippen LogP contribution in [0.5, 0.6) is 5.75 Å². The lowest BCUT2D eigenvalue weighted by Crippen LogP contribution is -2.46. The van der Waals surface area contributed by atoms with Crippen LogP contribution in [0.1, 0.15) is 18.1 Å². The van der Waals surface area contributed by atoms with Gasteiger partial charge in [-0.3, -0.25) is 14.5 Å². The Balaban J connectivity index is 1.76. The topological polar surface area (TPSA) is 49.9 Å². The summed E-state index contributed by atoms with van der Waals surface area (Å²) >= 11 is 0. The number of likely N-dealkylation sites (N-methyl/N-ethyl adjacent to an activating group) is 1. The van der Waals surface area contributed by atoms with Crippen LogP contribution < -0.4 is 9.64 Å². The zero-order chi connectivity index (χ0) is 17.8. The quantitative estimate of drug-likeness (QED) is 0.842. The maximum Gasteiger partial charge on any atom is 0.265 e. The molecule has 0 radical (unpaired) electrons. The fourth-order valence-electron chi connectivity index (χ4n) is 2.90.